The fourth-order valence-corrected chi connectivity index (χ4v) is 3.82. The summed E-state index contributed by atoms with van der Waals surface area (Å²) in [6.45, 7) is 7.03. The van der Waals surface area contributed by atoms with Crippen LogP contribution in [-0.4, -0.2) is 48.1 Å². The summed E-state index contributed by atoms with van der Waals surface area (Å²) in [4.78, 5) is 26.3. The third-order valence-corrected chi connectivity index (χ3v) is 5.83. The van der Waals surface area contributed by atoms with Crippen LogP contribution < -0.4 is 5.32 Å². The van der Waals surface area contributed by atoms with Gasteiger partial charge in [0.1, 0.15) is 0 Å². The maximum atomic E-state index is 12.9. The van der Waals surface area contributed by atoms with Gasteiger partial charge in [0.25, 0.3) is 0 Å². The van der Waals surface area contributed by atoms with Crippen LogP contribution in [0.5, 0.6) is 0 Å². The summed E-state index contributed by atoms with van der Waals surface area (Å²) < 4.78 is 0. The van der Waals surface area contributed by atoms with E-state index in [1.54, 1.807) is 0 Å². The van der Waals surface area contributed by atoms with Crippen LogP contribution >= 0.6 is 0 Å². The topological polar surface area (TPSA) is 69.6 Å². The number of nitrogens with zero attached hydrogens (tertiary/aromatic N) is 1. The molecule has 0 bridgehead atoms. The number of nitrogens with one attached hydrogen (secondary N) is 1. The van der Waals surface area contributed by atoms with Crippen LogP contribution in [0.2, 0.25) is 0 Å². The van der Waals surface area contributed by atoms with Gasteiger partial charge in [-0.1, -0.05) is 13.8 Å². The highest BCUT2D eigenvalue weighted by Crippen LogP contribution is 2.39. The number of carbonyl (C=O) groups excluding carboxylic acids is 1. The number of rotatable bonds is 4. The molecule has 0 unspecified atom stereocenters. The Balaban J connectivity index is 2.04. The second kappa shape index (κ2) is 6.34. The van der Waals surface area contributed by atoms with Crippen LogP contribution in [0.3, 0.4) is 0 Å². The molecule has 0 atom stereocenters. The third-order valence-electron chi connectivity index (χ3n) is 5.83. The quantitative estimate of drug-likeness (QED) is 0.831. The zero-order chi connectivity index (χ0) is 15.5. The van der Waals surface area contributed by atoms with Gasteiger partial charge in [-0.15, -0.1) is 0 Å². The number of likely N-dealkylation sites (tertiary alicyclic amines) is 1. The first kappa shape index (κ1) is 16.3. The lowest BCUT2D eigenvalue weighted by molar-refractivity contribution is -0.157. The lowest BCUT2D eigenvalue weighted by Crippen LogP contribution is -2.53. The molecule has 2 saturated heterocycles. The monoisotopic (exact) mass is 296 g/mol. The minimum atomic E-state index is -0.704. The highest BCUT2D eigenvalue weighted by atomic mass is 16.4. The maximum absolute atomic E-state index is 12.9. The van der Waals surface area contributed by atoms with Gasteiger partial charge in [-0.25, -0.2) is 0 Å². The van der Waals surface area contributed by atoms with E-state index < -0.39 is 11.4 Å². The predicted molar refractivity (Wildman–Crippen MR) is 81.0 cm³/mol. The zero-order valence-corrected chi connectivity index (χ0v) is 13.3. The summed E-state index contributed by atoms with van der Waals surface area (Å²) in [5.74, 6) is -0.453. The lowest BCUT2D eigenvalue weighted by Gasteiger charge is -2.44. The summed E-state index contributed by atoms with van der Waals surface area (Å²) in [5.41, 5.74) is -0.842. The maximum Gasteiger partial charge on any atom is 0.309 e. The molecule has 2 rings (SSSR count). The molecule has 5 nitrogen and oxygen atoms in total. The van der Waals surface area contributed by atoms with Gasteiger partial charge in [-0.3, -0.25) is 9.59 Å². The Bertz CT molecular complexity index is 394. The minimum absolute atomic E-state index is 0.222. The molecule has 0 aromatic rings. The number of carbonyl (C=O) groups is 2. The molecular weight excluding hydrogens is 268 g/mol. The molecule has 1 amide bonds. The average Bonchev–Trinajstić information content (AvgIpc) is 2.54. The van der Waals surface area contributed by atoms with E-state index >= 15 is 0 Å². The molecule has 2 heterocycles. The van der Waals surface area contributed by atoms with Gasteiger partial charge >= 0.3 is 5.97 Å². The largest absolute Gasteiger partial charge is 0.481 e. The van der Waals surface area contributed by atoms with Crippen LogP contribution in [0.25, 0.3) is 0 Å². The van der Waals surface area contributed by atoms with Gasteiger partial charge < -0.3 is 15.3 Å². The molecule has 120 valence electrons. The van der Waals surface area contributed by atoms with Gasteiger partial charge in [0.05, 0.1) is 10.8 Å². The van der Waals surface area contributed by atoms with Crippen molar-refractivity contribution < 1.29 is 14.7 Å². The molecule has 2 fully saturated rings. The smallest absolute Gasteiger partial charge is 0.309 e. The van der Waals surface area contributed by atoms with E-state index in [1.165, 1.54) is 0 Å². The number of carboxylic acid groups (broad SMARTS) is 1. The SMILES string of the molecule is CCC1(C(=O)O)CCN(C(=O)C2(CC)CCNCC2)CC1. The van der Waals surface area contributed by atoms with Gasteiger partial charge in [0.15, 0.2) is 0 Å². The minimum Gasteiger partial charge on any atom is -0.481 e. The molecule has 0 spiro atoms. The first-order valence-corrected chi connectivity index (χ1v) is 8.23. The Kier molecular flexibility index (Phi) is 4.91. The van der Waals surface area contributed by atoms with Crippen molar-refractivity contribution in [2.45, 2.75) is 52.4 Å². The van der Waals surface area contributed by atoms with Crippen LogP contribution in [0.4, 0.5) is 0 Å². The summed E-state index contributed by atoms with van der Waals surface area (Å²) in [6.07, 6.45) is 4.49. The summed E-state index contributed by atoms with van der Waals surface area (Å²) in [6, 6.07) is 0. The molecule has 0 aromatic heterocycles. The van der Waals surface area contributed by atoms with Crippen molar-refractivity contribution >= 4 is 11.9 Å². The number of hydrogen-bond donors (Lipinski definition) is 2. The molecule has 21 heavy (non-hydrogen) atoms. The molecule has 2 aliphatic rings. The molecule has 0 aliphatic carbocycles. The number of amides is 1. The summed E-state index contributed by atoms with van der Waals surface area (Å²) in [5, 5.41) is 12.8. The van der Waals surface area contributed by atoms with Crippen molar-refractivity contribution in [1.82, 2.24) is 10.2 Å². The number of aliphatic carboxylic acids is 1. The van der Waals surface area contributed by atoms with E-state index in [0.717, 1.165) is 32.4 Å². The van der Waals surface area contributed by atoms with Crippen molar-refractivity contribution in [3.05, 3.63) is 0 Å². The summed E-state index contributed by atoms with van der Waals surface area (Å²) >= 11 is 0. The van der Waals surface area contributed by atoms with Crippen molar-refractivity contribution in [1.29, 1.82) is 0 Å². The van der Waals surface area contributed by atoms with Crippen LogP contribution in [-0.2, 0) is 9.59 Å². The summed E-state index contributed by atoms with van der Waals surface area (Å²) in [7, 11) is 0. The van der Waals surface area contributed by atoms with Crippen molar-refractivity contribution in [3.8, 4) is 0 Å². The van der Waals surface area contributed by atoms with E-state index in [2.05, 4.69) is 12.2 Å². The number of piperidine rings is 2. The molecular formula is C16H28N2O3. The molecule has 0 saturated carbocycles. The number of carboxylic acids is 1. The second-order valence-corrected chi connectivity index (χ2v) is 6.62. The van der Waals surface area contributed by atoms with Crippen molar-refractivity contribution in [2.75, 3.05) is 26.2 Å². The molecule has 2 N–H and O–H groups in total. The first-order chi connectivity index (χ1) is 9.99. The zero-order valence-electron chi connectivity index (χ0n) is 13.3. The van der Waals surface area contributed by atoms with Crippen molar-refractivity contribution in [3.63, 3.8) is 0 Å². The Labute approximate surface area is 127 Å². The number of hydrogen-bond acceptors (Lipinski definition) is 3. The van der Waals surface area contributed by atoms with E-state index in [1.807, 2.05) is 11.8 Å². The van der Waals surface area contributed by atoms with Crippen LogP contribution in [0.15, 0.2) is 0 Å². The first-order valence-electron chi connectivity index (χ1n) is 8.23. The molecule has 0 aromatic carbocycles. The van der Waals surface area contributed by atoms with E-state index in [4.69, 9.17) is 0 Å². The Morgan fingerprint density at radius 1 is 1.00 bits per heavy atom. The van der Waals surface area contributed by atoms with Gasteiger partial charge in [-0.05, 0) is 51.6 Å². The highest BCUT2D eigenvalue weighted by molar-refractivity contribution is 5.83. The van der Waals surface area contributed by atoms with Crippen molar-refractivity contribution in [2.24, 2.45) is 10.8 Å². The Morgan fingerprint density at radius 3 is 1.95 bits per heavy atom. The van der Waals surface area contributed by atoms with E-state index in [9.17, 15) is 14.7 Å². The van der Waals surface area contributed by atoms with Crippen LogP contribution in [0.1, 0.15) is 52.4 Å². The fraction of sp³-hybridized carbons (Fsp3) is 0.875. The molecule has 5 heteroatoms. The Hall–Kier alpha value is -1.10. The average molecular weight is 296 g/mol. The van der Waals surface area contributed by atoms with E-state index in [-0.39, 0.29) is 11.3 Å². The normalized spacial score (nSPS) is 24.6. The van der Waals surface area contributed by atoms with Gasteiger partial charge in [0.2, 0.25) is 5.91 Å². The molecule has 2 aliphatic heterocycles. The Morgan fingerprint density at radius 2 is 1.52 bits per heavy atom. The van der Waals surface area contributed by atoms with Gasteiger partial charge in [-0.2, -0.15) is 0 Å². The standard InChI is InChI=1S/C16H28N2O3/c1-3-15(5-9-17-10-6-15)13(19)18-11-7-16(4-2,8-12-18)14(20)21/h17H,3-12H2,1-2H3,(H,20,21). The predicted octanol–water partition coefficient (Wildman–Crippen LogP) is 1.87. The fourth-order valence-electron chi connectivity index (χ4n) is 3.82. The van der Waals surface area contributed by atoms with Gasteiger partial charge in [0, 0.05) is 13.1 Å². The second-order valence-electron chi connectivity index (χ2n) is 6.62. The van der Waals surface area contributed by atoms with Crippen LogP contribution in [0, 0.1) is 10.8 Å². The highest BCUT2D eigenvalue weighted by Gasteiger charge is 2.45. The lowest BCUT2D eigenvalue weighted by atomic mass is 9.73. The van der Waals surface area contributed by atoms with E-state index in [0.29, 0.717) is 32.4 Å². The molecule has 0 radical (unpaired) electrons. The third kappa shape index (κ3) is 2.93.